The fraction of sp³-hybridized carbons (Fsp3) is 0.696. The van der Waals surface area contributed by atoms with Gasteiger partial charge in [0.05, 0.1) is 6.04 Å². The molecule has 1 atom stereocenters. The molecule has 6 nitrogen and oxygen atoms in total. The Morgan fingerprint density at radius 3 is 2.48 bits per heavy atom. The minimum absolute atomic E-state index is 0.333. The summed E-state index contributed by atoms with van der Waals surface area (Å²) in [4.78, 5) is 5.38. The minimum atomic E-state index is 0.333. The average molecular weight is 397 g/mol. The first kappa shape index (κ1) is 20.5. The molecule has 0 amide bonds. The SMILES string of the molecule is CCC[C@@H](c1nnnn1CCc1ccccc1)N1CCN(C2CCCCC2)CC1. The molecule has 2 fully saturated rings. The zero-order chi connectivity index (χ0) is 19.9. The van der Waals surface area contributed by atoms with Crippen molar-refractivity contribution in [1.29, 1.82) is 0 Å². The van der Waals surface area contributed by atoms with Crippen molar-refractivity contribution in [3.8, 4) is 0 Å². The maximum Gasteiger partial charge on any atom is 0.168 e. The number of hydrogen-bond donors (Lipinski definition) is 0. The molecule has 0 spiro atoms. The number of rotatable bonds is 8. The van der Waals surface area contributed by atoms with Crippen molar-refractivity contribution in [2.45, 2.75) is 76.9 Å². The van der Waals surface area contributed by atoms with Gasteiger partial charge in [-0.3, -0.25) is 9.80 Å². The summed E-state index contributed by atoms with van der Waals surface area (Å²) in [5.74, 6) is 1.05. The number of nitrogens with zero attached hydrogens (tertiary/aromatic N) is 6. The van der Waals surface area contributed by atoms with Crippen LogP contribution in [0.15, 0.2) is 30.3 Å². The lowest BCUT2D eigenvalue weighted by Crippen LogP contribution is -2.51. The number of tetrazole rings is 1. The molecule has 0 unspecified atom stereocenters. The summed E-state index contributed by atoms with van der Waals surface area (Å²) < 4.78 is 2.04. The van der Waals surface area contributed by atoms with Crippen LogP contribution in [0.25, 0.3) is 0 Å². The third-order valence-electron chi connectivity index (χ3n) is 6.76. The fourth-order valence-corrected chi connectivity index (χ4v) is 5.10. The van der Waals surface area contributed by atoms with Crippen molar-refractivity contribution < 1.29 is 0 Å². The van der Waals surface area contributed by atoms with Crippen LogP contribution >= 0.6 is 0 Å². The van der Waals surface area contributed by atoms with Crippen LogP contribution in [-0.4, -0.2) is 62.2 Å². The summed E-state index contributed by atoms with van der Waals surface area (Å²) in [5, 5.41) is 12.9. The van der Waals surface area contributed by atoms with Crippen LogP contribution in [0.1, 0.15) is 69.3 Å². The van der Waals surface area contributed by atoms with Crippen LogP contribution in [0, 0.1) is 0 Å². The van der Waals surface area contributed by atoms with Gasteiger partial charge in [-0.25, -0.2) is 4.68 Å². The van der Waals surface area contributed by atoms with Gasteiger partial charge in [0.25, 0.3) is 0 Å². The van der Waals surface area contributed by atoms with E-state index in [4.69, 9.17) is 0 Å². The second kappa shape index (κ2) is 10.3. The first-order valence-electron chi connectivity index (χ1n) is 11.6. The lowest BCUT2D eigenvalue weighted by molar-refractivity contribution is 0.0500. The molecule has 158 valence electrons. The highest BCUT2D eigenvalue weighted by atomic mass is 15.6. The number of benzene rings is 1. The quantitative estimate of drug-likeness (QED) is 0.681. The predicted molar refractivity (Wildman–Crippen MR) is 116 cm³/mol. The lowest BCUT2D eigenvalue weighted by Gasteiger charge is -2.43. The van der Waals surface area contributed by atoms with Crippen molar-refractivity contribution in [2.75, 3.05) is 26.2 Å². The second-order valence-electron chi connectivity index (χ2n) is 8.66. The van der Waals surface area contributed by atoms with Gasteiger partial charge in [-0.2, -0.15) is 0 Å². The van der Waals surface area contributed by atoms with Crippen molar-refractivity contribution >= 4 is 0 Å². The van der Waals surface area contributed by atoms with Gasteiger partial charge in [0, 0.05) is 38.8 Å². The fourth-order valence-electron chi connectivity index (χ4n) is 5.10. The summed E-state index contributed by atoms with van der Waals surface area (Å²) >= 11 is 0. The highest BCUT2D eigenvalue weighted by Crippen LogP contribution is 2.28. The average Bonchev–Trinajstić information content (AvgIpc) is 3.26. The van der Waals surface area contributed by atoms with Crippen LogP contribution < -0.4 is 0 Å². The molecular weight excluding hydrogens is 360 g/mol. The first-order chi connectivity index (χ1) is 14.3. The van der Waals surface area contributed by atoms with E-state index in [2.05, 4.69) is 62.6 Å². The van der Waals surface area contributed by atoms with E-state index in [0.29, 0.717) is 6.04 Å². The molecule has 2 aliphatic rings. The van der Waals surface area contributed by atoms with Crippen molar-refractivity contribution in [3.05, 3.63) is 41.7 Å². The predicted octanol–water partition coefficient (Wildman–Crippen LogP) is 3.71. The first-order valence-corrected chi connectivity index (χ1v) is 11.6. The van der Waals surface area contributed by atoms with Crippen LogP contribution in [0.2, 0.25) is 0 Å². The smallest absolute Gasteiger partial charge is 0.168 e. The van der Waals surface area contributed by atoms with Crippen molar-refractivity contribution in [2.24, 2.45) is 0 Å². The molecule has 4 rings (SSSR count). The molecule has 0 radical (unpaired) electrons. The summed E-state index contributed by atoms with van der Waals surface area (Å²) in [5.41, 5.74) is 1.34. The molecule has 1 saturated carbocycles. The summed E-state index contributed by atoms with van der Waals surface area (Å²) in [6.07, 6.45) is 10.3. The molecule has 6 heteroatoms. The van der Waals surface area contributed by atoms with Gasteiger partial charge < -0.3 is 0 Å². The standard InChI is InChI=1S/C23H36N6/c1-2-9-22(28-18-16-27(17-19-28)21-12-7-4-8-13-21)23-24-25-26-29(23)15-14-20-10-5-3-6-11-20/h3,5-6,10-11,21-22H,2,4,7-9,12-19H2,1H3/t22-/m0/s1. The Balaban J connectivity index is 1.38. The number of hydrogen-bond acceptors (Lipinski definition) is 5. The van der Waals surface area contributed by atoms with E-state index in [1.807, 2.05) is 4.68 Å². The van der Waals surface area contributed by atoms with Gasteiger partial charge in [-0.15, -0.1) is 5.10 Å². The minimum Gasteiger partial charge on any atom is -0.298 e. The molecule has 0 bridgehead atoms. The molecule has 1 aliphatic heterocycles. The largest absolute Gasteiger partial charge is 0.298 e. The number of aromatic nitrogens is 4. The molecule has 29 heavy (non-hydrogen) atoms. The Hall–Kier alpha value is -1.79. The Morgan fingerprint density at radius 1 is 1.00 bits per heavy atom. The van der Waals surface area contributed by atoms with Crippen molar-refractivity contribution in [3.63, 3.8) is 0 Å². The third-order valence-corrected chi connectivity index (χ3v) is 6.76. The highest BCUT2D eigenvalue weighted by molar-refractivity contribution is 5.14. The van der Waals surface area contributed by atoms with E-state index < -0.39 is 0 Å². The topological polar surface area (TPSA) is 50.1 Å². The Kier molecular flexibility index (Phi) is 7.28. The van der Waals surface area contributed by atoms with Gasteiger partial charge in [0.1, 0.15) is 0 Å². The number of aryl methyl sites for hydroxylation is 2. The number of piperazine rings is 1. The van der Waals surface area contributed by atoms with Crippen LogP contribution in [0.4, 0.5) is 0 Å². The molecule has 0 N–H and O–H groups in total. The normalized spacial score (nSPS) is 20.7. The van der Waals surface area contributed by atoms with Gasteiger partial charge in [-0.05, 0) is 41.7 Å². The molecule has 2 heterocycles. The van der Waals surface area contributed by atoms with Crippen LogP contribution in [0.5, 0.6) is 0 Å². The summed E-state index contributed by atoms with van der Waals surface area (Å²) in [6.45, 7) is 7.75. The van der Waals surface area contributed by atoms with Gasteiger partial charge in [0.2, 0.25) is 0 Å². The Labute approximate surface area is 175 Å². The van der Waals surface area contributed by atoms with Gasteiger partial charge in [-0.1, -0.05) is 62.9 Å². The molecule has 2 aromatic rings. The second-order valence-corrected chi connectivity index (χ2v) is 8.66. The zero-order valence-electron chi connectivity index (χ0n) is 17.9. The molecule has 1 saturated heterocycles. The van der Waals surface area contributed by atoms with E-state index in [1.165, 1.54) is 50.8 Å². The Bertz CT molecular complexity index is 716. The molecule has 1 aromatic heterocycles. The van der Waals surface area contributed by atoms with Crippen LogP contribution in [0.3, 0.4) is 0 Å². The summed E-state index contributed by atoms with van der Waals surface area (Å²) in [6, 6.07) is 11.8. The molecule has 1 aliphatic carbocycles. The maximum absolute atomic E-state index is 4.48. The monoisotopic (exact) mass is 396 g/mol. The van der Waals surface area contributed by atoms with E-state index in [-0.39, 0.29) is 0 Å². The third kappa shape index (κ3) is 5.23. The Morgan fingerprint density at radius 2 is 1.76 bits per heavy atom. The van der Waals surface area contributed by atoms with Gasteiger partial charge in [0.15, 0.2) is 5.82 Å². The van der Waals surface area contributed by atoms with E-state index in [9.17, 15) is 0 Å². The molecular formula is C23H36N6. The molecule has 1 aromatic carbocycles. The zero-order valence-corrected chi connectivity index (χ0v) is 17.9. The maximum atomic E-state index is 4.48. The highest BCUT2D eigenvalue weighted by Gasteiger charge is 2.31. The van der Waals surface area contributed by atoms with E-state index >= 15 is 0 Å². The van der Waals surface area contributed by atoms with Gasteiger partial charge >= 0.3 is 0 Å². The van der Waals surface area contributed by atoms with Crippen molar-refractivity contribution in [1.82, 2.24) is 30.0 Å². The summed E-state index contributed by atoms with van der Waals surface area (Å²) in [7, 11) is 0. The van der Waals surface area contributed by atoms with Crippen LogP contribution in [-0.2, 0) is 13.0 Å². The lowest BCUT2D eigenvalue weighted by atomic mass is 9.93. The van der Waals surface area contributed by atoms with E-state index in [1.54, 1.807) is 0 Å². The van der Waals surface area contributed by atoms with E-state index in [0.717, 1.165) is 50.8 Å².